The average Bonchev–Trinajstić information content (AvgIpc) is 3.24. The SMILES string of the molecule is Cc1ccc([C@@H]2CN(C(=O)c3ccccc3C)C[C@@H]2C(=O)NCc2ccccn2)cc1. The molecule has 0 saturated carbocycles. The van der Waals surface area contributed by atoms with Gasteiger partial charge in [0.2, 0.25) is 5.91 Å². The normalized spacial score (nSPS) is 18.1. The minimum Gasteiger partial charge on any atom is -0.350 e. The van der Waals surface area contributed by atoms with Crippen molar-refractivity contribution >= 4 is 11.8 Å². The Morgan fingerprint density at radius 1 is 0.968 bits per heavy atom. The van der Waals surface area contributed by atoms with Crippen molar-refractivity contribution in [3.63, 3.8) is 0 Å². The number of amides is 2. The maximum atomic E-state index is 13.2. The third-order valence-corrected chi connectivity index (χ3v) is 5.99. The first-order valence-electron chi connectivity index (χ1n) is 10.6. The fourth-order valence-electron chi connectivity index (χ4n) is 4.18. The van der Waals surface area contributed by atoms with E-state index in [0.29, 0.717) is 25.2 Å². The van der Waals surface area contributed by atoms with E-state index in [1.54, 1.807) is 6.20 Å². The van der Waals surface area contributed by atoms with E-state index >= 15 is 0 Å². The van der Waals surface area contributed by atoms with E-state index in [9.17, 15) is 9.59 Å². The second-order valence-electron chi connectivity index (χ2n) is 8.19. The van der Waals surface area contributed by atoms with Gasteiger partial charge in [0.25, 0.3) is 5.91 Å². The van der Waals surface area contributed by atoms with Crippen molar-refractivity contribution in [1.29, 1.82) is 0 Å². The van der Waals surface area contributed by atoms with E-state index in [4.69, 9.17) is 0 Å². The van der Waals surface area contributed by atoms with Crippen LogP contribution in [0.3, 0.4) is 0 Å². The van der Waals surface area contributed by atoms with Gasteiger partial charge >= 0.3 is 0 Å². The number of aromatic nitrogens is 1. The number of benzene rings is 2. The fourth-order valence-corrected chi connectivity index (χ4v) is 4.18. The molecule has 158 valence electrons. The summed E-state index contributed by atoms with van der Waals surface area (Å²) in [5.41, 5.74) is 4.71. The molecule has 2 atom stereocenters. The van der Waals surface area contributed by atoms with Crippen molar-refractivity contribution in [3.8, 4) is 0 Å². The molecule has 0 spiro atoms. The van der Waals surface area contributed by atoms with Crippen molar-refractivity contribution in [2.75, 3.05) is 13.1 Å². The minimum absolute atomic E-state index is 0.0183. The first-order chi connectivity index (χ1) is 15.0. The number of hydrogen-bond acceptors (Lipinski definition) is 3. The van der Waals surface area contributed by atoms with Crippen LogP contribution >= 0.6 is 0 Å². The molecule has 1 fully saturated rings. The molecule has 1 aromatic heterocycles. The summed E-state index contributed by atoms with van der Waals surface area (Å²) in [6, 6.07) is 21.5. The van der Waals surface area contributed by atoms with Crippen molar-refractivity contribution in [1.82, 2.24) is 15.2 Å². The molecule has 5 nitrogen and oxygen atoms in total. The first kappa shape index (κ1) is 20.8. The molecule has 0 unspecified atom stereocenters. The Kier molecular flexibility index (Phi) is 6.12. The van der Waals surface area contributed by atoms with Crippen LogP contribution in [0.1, 0.15) is 38.7 Å². The third-order valence-electron chi connectivity index (χ3n) is 5.99. The van der Waals surface area contributed by atoms with Crippen LogP contribution < -0.4 is 5.32 Å². The number of carbonyl (C=O) groups excluding carboxylic acids is 2. The highest BCUT2D eigenvalue weighted by Gasteiger charge is 2.40. The number of aryl methyl sites for hydroxylation is 2. The summed E-state index contributed by atoms with van der Waals surface area (Å²) >= 11 is 0. The number of pyridine rings is 1. The van der Waals surface area contributed by atoms with Gasteiger partial charge in [-0.2, -0.15) is 0 Å². The van der Waals surface area contributed by atoms with E-state index in [-0.39, 0.29) is 23.7 Å². The Balaban J connectivity index is 1.56. The first-order valence-corrected chi connectivity index (χ1v) is 10.6. The second kappa shape index (κ2) is 9.13. The molecule has 0 radical (unpaired) electrons. The van der Waals surface area contributed by atoms with Gasteiger partial charge < -0.3 is 10.2 Å². The number of likely N-dealkylation sites (tertiary alicyclic amines) is 1. The molecule has 2 aromatic carbocycles. The Hall–Kier alpha value is -3.47. The third kappa shape index (κ3) is 4.66. The van der Waals surface area contributed by atoms with Crippen LogP contribution in [0.4, 0.5) is 0 Å². The van der Waals surface area contributed by atoms with Gasteiger partial charge in [-0.1, -0.05) is 54.1 Å². The quantitative estimate of drug-likeness (QED) is 0.691. The predicted molar refractivity (Wildman–Crippen MR) is 121 cm³/mol. The lowest BCUT2D eigenvalue weighted by molar-refractivity contribution is -0.125. The summed E-state index contributed by atoms with van der Waals surface area (Å²) < 4.78 is 0. The molecule has 1 saturated heterocycles. The Morgan fingerprint density at radius 3 is 2.42 bits per heavy atom. The Bertz CT molecular complexity index is 1060. The highest BCUT2D eigenvalue weighted by atomic mass is 16.2. The van der Waals surface area contributed by atoms with Crippen molar-refractivity contribution in [3.05, 3.63) is 101 Å². The van der Waals surface area contributed by atoms with Gasteiger partial charge in [0.05, 0.1) is 18.2 Å². The smallest absolute Gasteiger partial charge is 0.254 e. The van der Waals surface area contributed by atoms with E-state index < -0.39 is 0 Å². The predicted octanol–water partition coefficient (Wildman–Crippen LogP) is 3.87. The number of carbonyl (C=O) groups is 2. The zero-order chi connectivity index (χ0) is 21.8. The topological polar surface area (TPSA) is 62.3 Å². The minimum atomic E-state index is -0.306. The van der Waals surface area contributed by atoms with Gasteiger partial charge in [0.15, 0.2) is 0 Å². The number of nitrogens with one attached hydrogen (secondary N) is 1. The molecule has 0 aliphatic carbocycles. The summed E-state index contributed by atoms with van der Waals surface area (Å²) in [5, 5.41) is 3.02. The Morgan fingerprint density at radius 2 is 1.71 bits per heavy atom. The van der Waals surface area contributed by atoms with Gasteiger partial charge in [-0.3, -0.25) is 14.6 Å². The van der Waals surface area contributed by atoms with Crippen LogP contribution in [0.25, 0.3) is 0 Å². The largest absolute Gasteiger partial charge is 0.350 e. The van der Waals surface area contributed by atoms with Crippen LogP contribution in [-0.2, 0) is 11.3 Å². The fraction of sp³-hybridized carbons (Fsp3) is 0.269. The van der Waals surface area contributed by atoms with Gasteiger partial charge in [0, 0.05) is 30.8 Å². The van der Waals surface area contributed by atoms with Crippen LogP contribution in [0.15, 0.2) is 72.9 Å². The lowest BCUT2D eigenvalue weighted by Gasteiger charge is -2.18. The lowest BCUT2D eigenvalue weighted by atomic mass is 9.88. The number of nitrogens with zero attached hydrogens (tertiary/aromatic N) is 2. The molecule has 1 aliphatic rings. The summed E-state index contributed by atoms with van der Waals surface area (Å²) in [4.78, 5) is 32.5. The second-order valence-corrected chi connectivity index (χ2v) is 8.19. The summed E-state index contributed by atoms with van der Waals surface area (Å²) in [7, 11) is 0. The van der Waals surface area contributed by atoms with E-state index in [0.717, 1.165) is 16.8 Å². The zero-order valence-electron chi connectivity index (χ0n) is 17.9. The zero-order valence-corrected chi connectivity index (χ0v) is 17.9. The highest BCUT2D eigenvalue weighted by Crippen LogP contribution is 2.34. The summed E-state index contributed by atoms with van der Waals surface area (Å²) in [6.45, 7) is 5.29. The molecular formula is C26H27N3O2. The molecular weight excluding hydrogens is 386 g/mol. The average molecular weight is 414 g/mol. The van der Waals surface area contributed by atoms with Gasteiger partial charge in [0.1, 0.15) is 0 Å². The van der Waals surface area contributed by atoms with E-state index in [2.05, 4.69) is 34.6 Å². The van der Waals surface area contributed by atoms with Gasteiger partial charge in [-0.15, -0.1) is 0 Å². The molecule has 5 heteroatoms. The van der Waals surface area contributed by atoms with Crippen molar-refractivity contribution in [2.45, 2.75) is 26.3 Å². The maximum absolute atomic E-state index is 13.2. The van der Waals surface area contributed by atoms with E-state index in [1.165, 1.54) is 5.56 Å². The number of rotatable bonds is 5. The van der Waals surface area contributed by atoms with Gasteiger partial charge in [-0.25, -0.2) is 0 Å². The van der Waals surface area contributed by atoms with Crippen LogP contribution in [0, 0.1) is 19.8 Å². The molecule has 2 amide bonds. The molecule has 31 heavy (non-hydrogen) atoms. The Labute approximate surface area is 183 Å². The monoisotopic (exact) mass is 413 g/mol. The summed E-state index contributed by atoms with van der Waals surface area (Å²) in [6.07, 6.45) is 1.72. The van der Waals surface area contributed by atoms with E-state index in [1.807, 2.05) is 61.2 Å². The highest BCUT2D eigenvalue weighted by molar-refractivity contribution is 5.96. The van der Waals surface area contributed by atoms with Crippen LogP contribution in [0.5, 0.6) is 0 Å². The molecule has 1 aliphatic heterocycles. The number of hydrogen-bond donors (Lipinski definition) is 1. The molecule has 3 aromatic rings. The molecule has 0 bridgehead atoms. The molecule has 1 N–H and O–H groups in total. The molecule has 2 heterocycles. The maximum Gasteiger partial charge on any atom is 0.254 e. The summed E-state index contributed by atoms with van der Waals surface area (Å²) in [5.74, 6) is -0.414. The van der Waals surface area contributed by atoms with Crippen molar-refractivity contribution < 1.29 is 9.59 Å². The van der Waals surface area contributed by atoms with Gasteiger partial charge in [-0.05, 0) is 43.2 Å². The van der Waals surface area contributed by atoms with Crippen LogP contribution in [-0.4, -0.2) is 34.8 Å². The van der Waals surface area contributed by atoms with Crippen molar-refractivity contribution in [2.24, 2.45) is 5.92 Å². The van der Waals surface area contributed by atoms with Crippen LogP contribution in [0.2, 0.25) is 0 Å². The lowest BCUT2D eigenvalue weighted by Crippen LogP contribution is -2.35. The molecule has 4 rings (SSSR count). The standard InChI is InChI=1S/C26H27N3O2/c1-18-10-12-20(13-11-18)23-16-29(26(31)22-9-4-3-7-19(22)2)17-24(23)25(30)28-15-21-8-5-6-14-27-21/h3-14,23-24H,15-17H2,1-2H3,(H,28,30)/t23-,24-/m0/s1.